The second kappa shape index (κ2) is 5.72. The van der Waals surface area contributed by atoms with E-state index in [-0.39, 0.29) is 4.31 Å². The molecule has 0 aliphatic carbocycles. The van der Waals surface area contributed by atoms with E-state index < -0.39 is 46.4 Å². The van der Waals surface area contributed by atoms with Crippen LogP contribution in [0, 0.1) is 0 Å². The van der Waals surface area contributed by atoms with Gasteiger partial charge in [-0.05, 0) is 6.07 Å². The Morgan fingerprint density at radius 2 is 1.95 bits per heavy atom. The molecule has 0 saturated carbocycles. The second-order valence-electron chi connectivity index (χ2n) is 3.57. The number of nitrogens with one attached hydrogen (secondary N) is 1. The summed E-state index contributed by atoms with van der Waals surface area (Å²) >= 11 is 0. The molecule has 0 fully saturated rings. The highest BCUT2D eigenvalue weighted by atomic mass is 32.2. The lowest BCUT2D eigenvalue weighted by molar-refractivity contribution is -0.136. The molecule has 6 nitrogen and oxygen atoms in total. The maximum atomic E-state index is 12.3. The average Bonchev–Trinajstić information content (AvgIpc) is 2.27. The summed E-state index contributed by atoms with van der Waals surface area (Å²) in [5.41, 5.74) is -0.580. The highest BCUT2D eigenvalue weighted by molar-refractivity contribution is 7.89. The molecule has 108 valence electrons. The number of nitrogens with zero attached hydrogens (tertiary/aromatic N) is 1. The van der Waals surface area contributed by atoms with E-state index in [0.717, 1.165) is 18.3 Å². The number of sulfonamides is 1. The third-order valence-electron chi connectivity index (χ3n) is 2.10. The van der Waals surface area contributed by atoms with Crippen molar-refractivity contribution in [3.63, 3.8) is 0 Å². The molecule has 0 saturated heterocycles. The van der Waals surface area contributed by atoms with E-state index in [1.165, 1.54) is 0 Å². The van der Waals surface area contributed by atoms with Gasteiger partial charge in [-0.25, -0.2) is 8.42 Å². The Labute approximate surface area is 106 Å². The lowest BCUT2D eigenvalue weighted by Crippen LogP contribution is -2.40. The number of aromatic nitrogens is 1. The Hall–Kier alpha value is -1.39. The van der Waals surface area contributed by atoms with E-state index in [4.69, 9.17) is 5.11 Å². The van der Waals surface area contributed by atoms with E-state index in [2.05, 4.69) is 4.98 Å². The molecule has 2 N–H and O–H groups in total. The fourth-order valence-electron chi connectivity index (χ4n) is 1.30. The number of hydrogen-bond acceptors (Lipinski definition) is 4. The van der Waals surface area contributed by atoms with Gasteiger partial charge in [-0.3, -0.25) is 4.79 Å². The van der Waals surface area contributed by atoms with Crippen molar-refractivity contribution in [1.82, 2.24) is 9.29 Å². The standard InChI is InChI=1S/C9H11F3N2O4S/c10-9(11,12)6-14(3-4-15)19(17,18)7-1-2-8(16)13-5-7/h1-2,5,15H,3-4,6H2,(H,13,16). The molecule has 1 aromatic heterocycles. The zero-order valence-electron chi connectivity index (χ0n) is 9.51. The maximum absolute atomic E-state index is 12.3. The number of hydrogen-bond donors (Lipinski definition) is 2. The third-order valence-corrected chi connectivity index (χ3v) is 3.94. The van der Waals surface area contributed by atoms with Gasteiger partial charge in [0.25, 0.3) is 0 Å². The summed E-state index contributed by atoms with van der Waals surface area (Å²) in [4.78, 5) is 12.4. The van der Waals surface area contributed by atoms with Crippen LogP contribution in [0.4, 0.5) is 13.2 Å². The molecule has 0 amide bonds. The van der Waals surface area contributed by atoms with Crippen LogP contribution >= 0.6 is 0 Å². The Balaban J connectivity index is 3.12. The van der Waals surface area contributed by atoms with Crippen LogP contribution < -0.4 is 5.56 Å². The largest absolute Gasteiger partial charge is 0.402 e. The number of alkyl halides is 3. The van der Waals surface area contributed by atoms with Crippen LogP contribution in [0.5, 0.6) is 0 Å². The molecule has 0 atom stereocenters. The van der Waals surface area contributed by atoms with Crippen molar-refractivity contribution in [1.29, 1.82) is 0 Å². The highest BCUT2D eigenvalue weighted by Crippen LogP contribution is 2.21. The van der Waals surface area contributed by atoms with E-state index in [9.17, 15) is 26.4 Å². The van der Waals surface area contributed by atoms with Gasteiger partial charge in [0.15, 0.2) is 0 Å². The van der Waals surface area contributed by atoms with Gasteiger partial charge in [-0.15, -0.1) is 0 Å². The molecule has 10 heteroatoms. The van der Waals surface area contributed by atoms with Crippen LogP contribution in [0.2, 0.25) is 0 Å². The van der Waals surface area contributed by atoms with E-state index in [0.29, 0.717) is 0 Å². The predicted molar refractivity (Wildman–Crippen MR) is 59.0 cm³/mol. The zero-order chi connectivity index (χ0) is 14.7. The number of aliphatic hydroxyl groups excluding tert-OH is 1. The Bertz CT molecular complexity index is 561. The van der Waals surface area contributed by atoms with Gasteiger partial charge < -0.3 is 10.1 Å². The smallest absolute Gasteiger partial charge is 0.395 e. The molecule has 1 heterocycles. The van der Waals surface area contributed by atoms with Gasteiger partial charge in [0.05, 0.1) is 11.5 Å². The summed E-state index contributed by atoms with van der Waals surface area (Å²) in [6.45, 7) is -3.16. The first-order chi connectivity index (χ1) is 8.66. The molecule has 1 rings (SSSR count). The summed E-state index contributed by atoms with van der Waals surface area (Å²) in [7, 11) is -4.43. The van der Waals surface area contributed by atoms with Gasteiger partial charge in [-0.2, -0.15) is 17.5 Å². The van der Waals surface area contributed by atoms with E-state index in [1.54, 1.807) is 0 Å². The number of aromatic amines is 1. The van der Waals surface area contributed by atoms with Gasteiger partial charge >= 0.3 is 6.18 Å². The van der Waals surface area contributed by atoms with Crippen LogP contribution in [-0.2, 0) is 10.0 Å². The summed E-state index contributed by atoms with van der Waals surface area (Å²) in [6, 6.07) is 1.78. The lowest BCUT2D eigenvalue weighted by Gasteiger charge is -2.22. The van der Waals surface area contributed by atoms with E-state index in [1.807, 2.05) is 0 Å². The highest BCUT2D eigenvalue weighted by Gasteiger charge is 2.36. The van der Waals surface area contributed by atoms with Crippen molar-refractivity contribution < 1.29 is 26.7 Å². The number of aliphatic hydroxyl groups is 1. The molecule has 0 aromatic carbocycles. The topological polar surface area (TPSA) is 90.5 Å². The van der Waals surface area contributed by atoms with Crippen LogP contribution in [0.3, 0.4) is 0 Å². The number of H-pyrrole nitrogens is 1. The minimum Gasteiger partial charge on any atom is -0.395 e. The number of halogens is 3. The molecule has 0 aliphatic rings. The first-order valence-electron chi connectivity index (χ1n) is 5.03. The monoisotopic (exact) mass is 300 g/mol. The van der Waals surface area contributed by atoms with Gasteiger partial charge in [-0.1, -0.05) is 0 Å². The van der Waals surface area contributed by atoms with Crippen molar-refractivity contribution in [2.75, 3.05) is 19.7 Å². The summed E-state index contributed by atoms with van der Waals surface area (Å²) in [5, 5.41) is 8.66. The minimum absolute atomic E-state index is 0.0979. The summed E-state index contributed by atoms with van der Waals surface area (Å²) in [5.74, 6) is 0. The molecule has 0 unspecified atom stereocenters. The van der Waals surface area contributed by atoms with Crippen LogP contribution in [-0.4, -0.2) is 48.7 Å². The molecule has 1 aromatic rings. The van der Waals surface area contributed by atoms with Crippen LogP contribution in [0.25, 0.3) is 0 Å². The lowest BCUT2D eigenvalue weighted by atomic mass is 10.5. The van der Waals surface area contributed by atoms with Crippen molar-refractivity contribution in [2.24, 2.45) is 0 Å². The first-order valence-corrected chi connectivity index (χ1v) is 6.47. The van der Waals surface area contributed by atoms with Gasteiger partial charge in [0.2, 0.25) is 15.6 Å². The Morgan fingerprint density at radius 3 is 2.37 bits per heavy atom. The number of rotatable bonds is 5. The molecule has 0 bridgehead atoms. The molecule has 0 spiro atoms. The predicted octanol–water partition coefficient (Wildman–Crippen LogP) is -0.0798. The summed E-state index contributed by atoms with van der Waals surface area (Å²) < 4.78 is 60.8. The maximum Gasteiger partial charge on any atom is 0.402 e. The van der Waals surface area contributed by atoms with Crippen molar-refractivity contribution in [2.45, 2.75) is 11.1 Å². The normalized spacial score (nSPS) is 12.9. The summed E-state index contributed by atoms with van der Waals surface area (Å²) in [6.07, 6.45) is -3.93. The fraction of sp³-hybridized carbons (Fsp3) is 0.444. The second-order valence-corrected chi connectivity index (χ2v) is 5.50. The molecule has 19 heavy (non-hydrogen) atoms. The fourth-order valence-corrected chi connectivity index (χ4v) is 2.69. The van der Waals surface area contributed by atoms with Crippen LogP contribution in [0.15, 0.2) is 28.0 Å². The number of pyridine rings is 1. The quantitative estimate of drug-likeness (QED) is 0.796. The minimum atomic E-state index is -4.73. The van der Waals surface area contributed by atoms with Crippen molar-refractivity contribution >= 4 is 10.0 Å². The van der Waals surface area contributed by atoms with Crippen LogP contribution in [0.1, 0.15) is 0 Å². The molecule has 0 aliphatic heterocycles. The zero-order valence-corrected chi connectivity index (χ0v) is 10.3. The first kappa shape index (κ1) is 15.7. The van der Waals surface area contributed by atoms with Crippen molar-refractivity contribution in [3.8, 4) is 0 Å². The SMILES string of the molecule is O=c1ccc(S(=O)(=O)N(CCO)CC(F)(F)F)c[nH]1. The van der Waals surface area contributed by atoms with Gasteiger partial charge in [0.1, 0.15) is 6.54 Å². The molecular weight excluding hydrogens is 289 g/mol. The Morgan fingerprint density at radius 1 is 1.32 bits per heavy atom. The van der Waals surface area contributed by atoms with Gasteiger partial charge in [0, 0.05) is 18.8 Å². The molecule has 0 radical (unpaired) electrons. The van der Waals surface area contributed by atoms with E-state index >= 15 is 0 Å². The van der Waals surface area contributed by atoms with Crippen molar-refractivity contribution in [3.05, 3.63) is 28.7 Å². The third kappa shape index (κ3) is 4.33. The molecular formula is C9H11F3N2O4S. The Kier molecular flexibility index (Phi) is 4.71. The average molecular weight is 300 g/mol.